The van der Waals surface area contributed by atoms with Crippen molar-refractivity contribution in [2.75, 3.05) is 5.73 Å². The molecule has 16 heavy (non-hydrogen) atoms. The molecule has 0 spiro atoms. The fourth-order valence-electron chi connectivity index (χ4n) is 2.09. The van der Waals surface area contributed by atoms with Gasteiger partial charge in [0.15, 0.2) is 0 Å². The number of allylic oxidation sites excluding steroid dienone is 3. The highest BCUT2D eigenvalue weighted by Crippen LogP contribution is 2.21. The molecule has 1 aromatic rings. The number of benzene rings is 1. The SMILES string of the molecule is Nc1ccc2c(c1)=C1C=CC=CC1C(=O)N=2. The zero-order valence-electron chi connectivity index (χ0n) is 8.55. The molecule has 1 aliphatic heterocycles. The first-order chi connectivity index (χ1) is 7.75. The highest BCUT2D eigenvalue weighted by atomic mass is 16.1. The number of nitrogens with zero attached hydrogens (tertiary/aromatic N) is 1. The molecule has 0 fully saturated rings. The van der Waals surface area contributed by atoms with Gasteiger partial charge in [0.2, 0.25) is 0 Å². The first-order valence-corrected chi connectivity index (χ1v) is 5.13. The maximum absolute atomic E-state index is 11.8. The topological polar surface area (TPSA) is 55.5 Å². The molecule has 0 bridgehead atoms. The number of nitrogen functional groups attached to an aromatic ring is 1. The number of hydrogen-bond donors (Lipinski definition) is 1. The maximum Gasteiger partial charge on any atom is 0.257 e. The Hall–Kier alpha value is -2.16. The van der Waals surface area contributed by atoms with Gasteiger partial charge >= 0.3 is 0 Å². The number of anilines is 1. The number of hydrogen-bond acceptors (Lipinski definition) is 2. The van der Waals surface area contributed by atoms with E-state index in [9.17, 15) is 4.79 Å². The van der Waals surface area contributed by atoms with Gasteiger partial charge in [0.25, 0.3) is 5.91 Å². The Morgan fingerprint density at radius 1 is 1.25 bits per heavy atom. The minimum atomic E-state index is -0.237. The number of nitrogens with two attached hydrogens (primary N) is 1. The number of carbonyl (C=O) groups is 1. The van der Waals surface area contributed by atoms with Crippen LogP contribution in [0.5, 0.6) is 0 Å². The smallest absolute Gasteiger partial charge is 0.257 e. The minimum absolute atomic E-state index is 0.104. The van der Waals surface area contributed by atoms with E-state index in [1.165, 1.54) is 0 Å². The average molecular weight is 210 g/mol. The van der Waals surface area contributed by atoms with Crippen molar-refractivity contribution < 1.29 is 4.79 Å². The van der Waals surface area contributed by atoms with Gasteiger partial charge in [-0.1, -0.05) is 24.3 Å². The van der Waals surface area contributed by atoms with Crippen LogP contribution in [0.25, 0.3) is 5.57 Å². The van der Waals surface area contributed by atoms with E-state index in [2.05, 4.69) is 4.99 Å². The van der Waals surface area contributed by atoms with Crippen molar-refractivity contribution in [2.45, 2.75) is 0 Å². The molecular formula is C13H10N2O. The van der Waals surface area contributed by atoms with E-state index in [1.54, 1.807) is 12.1 Å². The lowest BCUT2D eigenvalue weighted by Gasteiger charge is -2.17. The summed E-state index contributed by atoms with van der Waals surface area (Å²) < 4.78 is 0. The lowest BCUT2D eigenvalue weighted by molar-refractivity contribution is -0.119. The highest BCUT2D eigenvalue weighted by molar-refractivity contribution is 5.94. The second-order valence-electron chi connectivity index (χ2n) is 3.90. The van der Waals surface area contributed by atoms with Crippen LogP contribution in [0.1, 0.15) is 0 Å². The quantitative estimate of drug-likeness (QED) is 0.627. The van der Waals surface area contributed by atoms with Crippen molar-refractivity contribution in [2.24, 2.45) is 10.9 Å². The lowest BCUT2D eigenvalue weighted by atomic mass is 9.90. The summed E-state index contributed by atoms with van der Waals surface area (Å²) in [7, 11) is 0. The van der Waals surface area contributed by atoms with Crippen molar-refractivity contribution in [1.82, 2.24) is 0 Å². The molecule has 2 aliphatic rings. The molecule has 0 saturated carbocycles. The van der Waals surface area contributed by atoms with E-state index in [0.717, 1.165) is 10.8 Å². The van der Waals surface area contributed by atoms with Crippen molar-refractivity contribution in [3.63, 3.8) is 0 Å². The zero-order chi connectivity index (χ0) is 11.1. The predicted octanol–water partition coefficient (Wildman–Crippen LogP) is 0.321. The predicted molar refractivity (Wildman–Crippen MR) is 61.8 cm³/mol. The second kappa shape index (κ2) is 3.17. The second-order valence-corrected chi connectivity index (χ2v) is 3.90. The van der Waals surface area contributed by atoms with E-state index in [4.69, 9.17) is 5.73 Å². The van der Waals surface area contributed by atoms with E-state index >= 15 is 0 Å². The summed E-state index contributed by atoms with van der Waals surface area (Å²) >= 11 is 0. The Kier molecular flexibility index (Phi) is 1.80. The Labute approximate surface area is 92.3 Å². The monoisotopic (exact) mass is 210 g/mol. The van der Waals surface area contributed by atoms with Crippen LogP contribution in [0.4, 0.5) is 5.69 Å². The van der Waals surface area contributed by atoms with Crippen LogP contribution in [0.15, 0.2) is 47.5 Å². The van der Waals surface area contributed by atoms with E-state index < -0.39 is 0 Å². The fraction of sp³-hybridized carbons (Fsp3) is 0.0769. The van der Waals surface area contributed by atoms with Crippen LogP contribution >= 0.6 is 0 Å². The van der Waals surface area contributed by atoms with Crippen molar-refractivity contribution in [1.29, 1.82) is 0 Å². The van der Waals surface area contributed by atoms with E-state index in [1.807, 2.05) is 30.4 Å². The van der Waals surface area contributed by atoms with Gasteiger partial charge in [-0.25, -0.2) is 4.99 Å². The maximum atomic E-state index is 11.8. The van der Waals surface area contributed by atoms with Gasteiger partial charge < -0.3 is 5.73 Å². The van der Waals surface area contributed by atoms with Gasteiger partial charge in [0, 0.05) is 10.9 Å². The first-order valence-electron chi connectivity index (χ1n) is 5.13. The normalized spacial score (nSPS) is 21.4. The van der Waals surface area contributed by atoms with Gasteiger partial charge in [-0.3, -0.25) is 4.79 Å². The van der Waals surface area contributed by atoms with Crippen molar-refractivity contribution in [3.8, 4) is 0 Å². The van der Waals surface area contributed by atoms with Gasteiger partial charge in [0.05, 0.1) is 11.3 Å². The third kappa shape index (κ3) is 1.21. The van der Waals surface area contributed by atoms with Crippen LogP contribution < -0.4 is 16.3 Å². The standard InChI is InChI=1S/C13H10N2O/c14-8-5-6-12-11(7-8)9-3-1-2-4-10(9)13(16)15-12/h1-7,10H,14H2. The summed E-state index contributed by atoms with van der Waals surface area (Å²) in [6.07, 6.45) is 7.62. The molecular weight excluding hydrogens is 200 g/mol. The number of rotatable bonds is 0. The molecule has 0 aromatic heterocycles. The lowest BCUT2D eigenvalue weighted by Crippen LogP contribution is -2.37. The number of fused-ring (bicyclic) bond motifs is 2. The number of carbonyl (C=O) groups excluding carboxylic acids is 1. The molecule has 3 heteroatoms. The molecule has 3 nitrogen and oxygen atoms in total. The molecule has 2 N–H and O–H groups in total. The van der Waals surface area contributed by atoms with Crippen molar-refractivity contribution >= 4 is 17.2 Å². The summed E-state index contributed by atoms with van der Waals surface area (Å²) in [6.45, 7) is 0. The summed E-state index contributed by atoms with van der Waals surface area (Å²) in [4.78, 5) is 15.8. The van der Waals surface area contributed by atoms with Crippen LogP contribution in [-0.2, 0) is 4.79 Å². The molecule has 78 valence electrons. The Morgan fingerprint density at radius 3 is 3.00 bits per heavy atom. The Morgan fingerprint density at radius 2 is 2.12 bits per heavy atom. The third-order valence-electron chi connectivity index (χ3n) is 2.85. The van der Waals surface area contributed by atoms with E-state index in [-0.39, 0.29) is 11.8 Å². The minimum Gasteiger partial charge on any atom is -0.399 e. The average Bonchev–Trinajstić information content (AvgIpc) is 2.31. The molecule has 1 amide bonds. The van der Waals surface area contributed by atoms with Gasteiger partial charge in [-0.2, -0.15) is 0 Å². The Balaban J connectivity index is 2.45. The summed E-state index contributed by atoms with van der Waals surface area (Å²) in [5.74, 6) is -0.341. The first kappa shape index (κ1) is 9.09. The van der Waals surface area contributed by atoms with Crippen molar-refractivity contribution in [3.05, 3.63) is 53.1 Å². The molecule has 1 heterocycles. The molecule has 1 aliphatic carbocycles. The van der Waals surface area contributed by atoms with Gasteiger partial charge in [-0.15, -0.1) is 0 Å². The molecule has 3 rings (SSSR count). The summed E-state index contributed by atoms with van der Waals surface area (Å²) in [5.41, 5.74) is 7.44. The third-order valence-corrected chi connectivity index (χ3v) is 2.85. The molecule has 1 atom stereocenters. The van der Waals surface area contributed by atoms with E-state index in [0.29, 0.717) is 11.0 Å². The van der Waals surface area contributed by atoms with Crippen LogP contribution in [0, 0.1) is 5.92 Å². The number of amides is 1. The molecule has 0 saturated heterocycles. The van der Waals surface area contributed by atoms with Crippen LogP contribution in [-0.4, -0.2) is 5.91 Å². The van der Waals surface area contributed by atoms with Gasteiger partial charge in [-0.05, 0) is 23.8 Å². The summed E-state index contributed by atoms with van der Waals surface area (Å²) in [6, 6.07) is 5.42. The zero-order valence-corrected chi connectivity index (χ0v) is 8.55. The summed E-state index contributed by atoms with van der Waals surface area (Å²) in [5, 5.41) is 1.68. The highest BCUT2D eigenvalue weighted by Gasteiger charge is 2.23. The van der Waals surface area contributed by atoms with Crippen LogP contribution in [0.3, 0.4) is 0 Å². The molecule has 1 aromatic carbocycles. The molecule has 1 unspecified atom stereocenters. The molecule has 0 radical (unpaired) electrons. The fourth-order valence-corrected chi connectivity index (χ4v) is 2.09. The largest absolute Gasteiger partial charge is 0.399 e. The van der Waals surface area contributed by atoms with Crippen LogP contribution in [0.2, 0.25) is 0 Å². The van der Waals surface area contributed by atoms with Gasteiger partial charge in [0.1, 0.15) is 0 Å². The Bertz CT molecular complexity index is 653.